The Morgan fingerprint density at radius 1 is 1.10 bits per heavy atom. The van der Waals surface area contributed by atoms with Gasteiger partial charge in [-0.1, -0.05) is 12.1 Å². The molecule has 0 unspecified atom stereocenters. The summed E-state index contributed by atoms with van der Waals surface area (Å²) in [6, 6.07) is 11.9. The second-order valence-corrected chi connectivity index (χ2v) is 6.43. The molecule has 1 aromatic heterocycles. The van der Waals surface area contributed by atoms with Gasteiger partial charge in [0.1, 0.15) is 11.6 Å². The van der Waals surface area contributed by atoms with Crippen LogP contribution in [0.25, 0.3) is 10.9 Å². The van der Waals surface area contributed by atoms with Crippen molar-refractivity contribution in [3.63, 3.8) is 0 Å². The van der Waals surface area contributed by atoms with Crippen LogP contribution in [-0.4, -0.2) is 34.4 Å². The lowest BCUT2D eigenvalue weighted by molar-refractivity contribution is -0.146. The Hall–Kier alpha value is -3.62. The van der Waals surface area contributed by atoms with Crippen LogP contribution in [0.3, 0.4) is 0 Å². The summed E-state index contributed by atoms with van der Waals surface area (Å²) in [6.45, 7) is -1.54. The molecule has 0 saturated carbocycles. The topological polar surface area (TPSA) is 98.4 Å². The van der Waals surface area contributed by atoms with Gasteiger partial charge in [-0.25, -0.2) is 4.98 Å². The van der Waals surface area contributed by atoms with Crippen LogP contribution in [0.1, 0.15) is 29.5 Å². The lowest BCUT2D eigenvalue weighted by Crippen LogP contribution is -2.25. The number of hydrogen-bond acceptors (Lipinski definition) is 6. The van der Waals surface area contributed by atoms with Gasteiger partial charge in [-0.05, 0) is 43.3 Å². The van der Waals surface area contributed by atoms with Crippen molar-refractivity contribution in [2.45, 2.75) is 32.5 Å². The highest BCUT2D eigenvalue weighted by Crippen LogP contribution is 2.17. The van der Waals surface area contributed by atoms with Gasteiger partial charge in [0.25, 0.3) is 5.56 Å². The summed E-state index contributed by atoms with van der Waals surface area (Å²) < 4.78 is 33.7. The van der Waals surface area contributed by atoms with E-state index in [1.807, 2.05) is 0 Å². The number of aryl methyl sites for hydroxylation is 1. The number of nitrogens with one attached hydrogen (secondary N) is 1. The third-order valence-corrected chi connectivity index (χ3v) is 4.27. The van der Waals surface area contributed by atoms with Gasteiger partial charge in [0.05, 0.1) is 17.3 Å². The van der Waals surface area contributed by atoms with E-state index in [2.05, 4.69) is 14.7 Å². The van der Waals surface area contributed by atoms with Gasteiger partial charge in [-0.3, -0.25) is 14.4 Å². The molecule has 30 heavy (non-hydrogen) atoms. The molecule has 0 fully saturated rings. The Labute approximate surface area is 169 Å². The number of rotatable bonds is 8. The van der Waals surface area contributed by atoms with E-state index in [9.17, 15) is 23.2 Å². The number of aromatic amines is 1. The maximum Gasteiger partial charge on any atom is 0.387 e. The number of fused-ring (bicyclic) bond motifs is 1. The number of halogens is 2. The predicted molar refractivity (Wildman–Crippen MR) is 104 cm³/mol. The first kappa shape index (κ1) is 21.1. The van der Waals surface area contributed by atoms with Crippen molar-refractivity contribution in [1.29, 1.82) is 0 Å². The van der Waals surface area contributed by atoms with Crippen molar-refractivity contribution in [2.75, 3.05) is 0 Å². The van der Waals surface area contributed by atoms with Crippen molar-refractivity contribution >= 4 is 22.7 Å². The van der Waals surface area contributed by atoms with Crippen LogP contribution < -0.4 is 10.3 Å². The second-order valence-electron chi connectivity index (χ2n) is 6.43. The van der Waals surface area contributed by atoms with Crippen LogP contribution >= 0.6 is 0 Å². The summed E-state index contributed by atoms with van der Waals surface area (Å²) in [5, 5.41) is 0.452. The molecule has 1 heterocycles. The third kappa shape index (κ3) is 5.25. The summed E-state index contributed by atoms with van der Waals surface area (Å²) in [4.78, 5) is 43.4. The van der Waals surface area contributed by atoms with Crippen molar-refractivity contribution in [2.24, 2.45) is 0 Å². The van der Waals surface area contributed by atoms with Crippen LogP contribution in [0.5, 0.6) is 5.75 Å². The van der Waals surface area contributed by atoms with Gasteiger partial charge in [0.15, 0.2) is 6.10 Å². The zero-order chi connectivity index (χ0) is 21.7. The molecule has 3 aromatic rings. The Kier molecular flexibility index (Phi) is 6.51. The summed E-state index contributed by atoms with van der Waals surface area (Å²) in [6.07, 6.45) is -1.01. The first-order valence-corrected chi connectivity index (χ1v) is 9.10. The zero-order valence-electron chi connectivity index (χ0n) is 15.9. The number of carbonyl (C=O) groups is 2. The number of ether oxygens (including phenoxy) is 2. The molecule has 3 rings (SSSR count). The fraction of sp³-hybridized carbons (Fsp3) is 0.238. The minimum atomic E-state index is -2.96. The van der Waals surface area contributed by atoms with Gasteiger partial charge in [-0.15, -0.1) is 0 Å². The molecule has 0 saturated heterocycles. The first-order valence-electron chi connectivity index (χ1n) is 9.10. The van der Waals surface area contributed by atoms with E-state index < -0.39 is 24.5 Å². The average Bonchev–Trinajstić information content (AvgIpc) is 2.72. The van der Waals surface area contributed by atoms with Crippen molar-refractivity contribution in [3.05, 3.63) is 70.3 Å². The Bertz CT molecular complexity index is 1110. The molecule has 0 aliphatic carbocycles. The SMILES string of the molecule is C[C@H](OC(=O)CCc1nc2ccccc2c(=O)[nH]1)C(=O)c1ccc(OC(F)F)cc1. The number of ketones is 1. The van der Waals surface area contributed by atoms with Gasteiger partial charge in [0, 0.05) is 12.0 Å². The summed E-state index contributed by atoms with van der Waals surface area (Å²) in [5.41, 5.74) is 0.414. The molecular weight excluding hydrogens is 398 g/mol. The number of H-pyrrole nitrogens is 1. The third-order valence-electron chi connectivity index (χ3n) is 4.27. The van der Waals surface area contributed by atoms with Crippen LogP contribution in [0.4, 0.5) is 8.78 Å². The number of hydrogen-bond donors (Lipinski definition) is 1. The van der Waals surface area contributed by atoms with Crippen molar-refractivity contribution < 1.29 is 27.8 Å². The quantitative estimate of drug-likeness (QED) is 0.447. The monoisotopic (exact) mass is 416 g/mol. The number of Topliss-reactive ketones (excluding diaryl/α,β-unsaturated/α-hetero) is 1. The smallest absolute Gasteiger partial charge is 0.387 e. The molecule has 0 bridgehead atoms. The van der Waals surface area contributed by atoms with Crippen LogP contribution in [-0.2, 0) is 16.0 Å². The molecular formula is C21H18F2N2O5. The lowest BCUT2D eigenvalue weighted by Gasteiger charge is -2.13. The number of aromatic nitrogens is 2. The highest BCUT2D eigenvalue weighted by molar-refractivity contribution is 6.00. The van der Waals surface area contributed by atoms with Crippen molar-refractivity contribution in [3.8, 4) is 5.75 Å². The van der Waals surface area contributed by atoms with E-state index in [4.69, 9.17) is 4.74 Å². The lowest BCUT2D eigenvalue weighted by atomic mass is 10.1. The highest BCUT2D eigenvalue weighted by Gasteiger charge is 2.20. The number of para-hydroxylation sites is 1. The largest absolute Gasteiger partial charge is 0.454 e. The maximum absolute atomic E-state index is 12.4. The minimum Gasteiger partial charge on any atom is -0.454 e. The molecule has 1 N–H and O–H groups in total. The van der Waals surface area contributed by atoms with Crippen molar-refractivity contribution in [1.82, 2.24) is 9.97 Å². The van der Waals surface area contributed by atoms with Gasteiger partial charge in [0.2, 0.25) is 5.78 Å². The molecule has 0 amide bonds. The Morgan fingerprint density at radius 2 is 1.80 bits per heavy atom. The van der Waals surface area contributed by atoms with E-state index in [0.717, 1.165) is 0 Å². The number of carbonyl (C=O) groups excluding carboxylic acids is 2. The van der Waals surface area contributed by atoms with Gasteiger partial charge in [-0.2, -0.15) is 8.78 Å². The highest BCUT2D eigenvalue weighted by atomic mass is 19.3. The molecule has 0 aliphatic heterocycles. The summed E-state index contributed by atoms with van der Waals surface area (Å²) >= 11 is 0. The van der Waals surface area contributed by atoms with E-state index in [1.165, 1.54) is 31.2 Å². The molecule has 1 atom stereocenters. The van der Waals surface area contributed by atoms with Crippen LogP contribution in [0.2, 0.25) is 0 Å². The fourth-order valence-electron chi connectivity index (χ4n) is 2.82. The van der Waals surface area contributed by atoms with Crippen LogP contribution in [0.15, 0.2) is 53.3 Å². The molecule has 2 aromatic carbocycles. The van der Waals surface area contributed by atoms with Gasteiger partial charge < -0.3 is 14.5 Å². The maximum atomic E-state index is 12.4. The summed E-state index contributed by atoms with van der Waals surface area (Å²) in [7, 11) is 0. The normalized spacial score (nSPS) is 12.0. The van der Waals surface area contributed by atoms with Crippen LogP contribution in [0, 0.1) is 0 Å². The number of esters is 1. The average molecular weight is 416 g/mol. The fourth-order valence-corrected chi connectivity index (χ4v) is 2.82. The first-order chi connectivity index (χ1) is 14.3. The molecule has 7 nitrogen and oxygen atoms in total. The Morgan fingerprint density at radius 3 is 2.50 bits per heavy atom. The van der Waals surface area contributed by atoms with E-state index >= 15 is 0 Å². The number of benzene rings is 2. The standard InChI is InChI=1S/C21H18F2N2O5/c1-12(19(27)13-6-8-14(9-7-13)30-21(22)23)29-18(26)11-10-17-24-16-5-3-2-4-15(16)20(28)25-17/h2-9,12,21H,10-11H2,1H3,(H,24,25,28)/t12-/m0/s1. The number of nitrogens with zero attached hydrogens (tertiary/aromatic N) is 1. The minimum absolute atomic E-state index is 0.0805. The molecule has 156 valence electrons. The molecule has 0 aliphatic rings. The second kappa shape index (κ2) is 9.25. The van der Waals surface area contributed by atoms with E-state index in [1.54, 1.807) is 24.3 Å². The molecule has 9 heteroatoms. The van der Waals surface area contributed by atoms with Gasteiger partial charge >= 0.3 is 12.6 Å². The zero-order valence-corrected chi connectivity index (χ0v) is 15.9. The Balaban J connectivity index is 1.56. The summed E-state index contributed by atoms with van der Waals surface area (Å²) in [5.74, 6) is -0.860. The number of alkyl halides is 2. The predicted octanol–water partition coefficient (Wildman–Crippen LogP) is 3.27. The van der Waals surface area contributed by atoms with E-state index in [-0.39, 0.29) is 29.7 Å². The molecule has 0 radical (unpaired) electrons. The van der Waals surface area contributed by atoms with E-state index in [0.29, 0.717) is 16.7 Å². The molecule has 0 spiro atoms.